The lowest BCUT2D eigenvalue weighted by Crippen LogP contribution is -2.20. The molecule has 0 saturated heterocycles. The summed E-state index contributed by atoms with van der Waals surface area (Å²) in [6.45, 7) is 8.01. The van der Waals surface area contributed by atoms with Gasteiger partial charge in [-0.3, -0.25) is 0 Å². The van der Waals surface area contributed by atoms with Crippen LogP contribution >= 0.6 is 0 Å². The van der Waals surface area contributed by atoms with Crippen LogP contribution in [0.25, 0.3) is 22.1 Å². The Hall–Kier alpha value is -3.29. The number of halogens is 3. The standard InChI is InChI=1S/C27H28F3NO3/c1-4-8-24(18(5-2)6-3)33-15-21-16-34-25-22(21)12-20(13-23(25)26(32)27(28,29)30)19-10-7-9-17(11-19)14-31/h4-5,7-13,16,26,32H,2,6,14-15,31H2,1,3H3/b8-4-,24-18-. The van der Waals surface area contributed by atoms with Gasteiger partial charge in [-0.15, -0.1) is 0 Å². The van der Waals surface area contributed by atoms with Crippen LogP contribution in [-0.2, 0) is 17.9 Å². The quantitative estimate of drug-likeness (QED) is 0.258. The Balaban J connectivity index is 2.14. The molecule has 3 N–H and O–H groups in total. The van der Waals surface area contributed by atoms with Gasteiger partial charge in [0, 0.05) is 23.1 Å². The van der Waals surface area contributed by atoms with E-state index in [-0.39, 0.29) is 17.8 Å². The van der Waals surface area contributed by atoms with Crippen LogP contribution in [0.5, 0.6) is 0 Å². The predicted molar refractivity (Wildman–Crippen MR) is 128 cm³/mol. The van der Waals surface area contributed by atoms with E-state index >= 15 is 0 Å². The molecule has 4 nitrogen and oxygen atoms in total. The van der Waals surface area contributed by atoms with Crippen molar-refractivity contribution in [1.29, 1.82) is 0 Å². The van der Waals surface area contributed by atoms with Crippen LogP contribution in [0.15, 0.2) is 83.2 Å². The van der Waals surface area contributed by atoms with Gasteiger partial charge in [0.1, 0.15) is 17.9 Å². The number of benzene rings is 2. The van der Waals surface area contributed by atoms with Gasteiger partial charge >= 0.3 is 6.18 Å². The number of nitrogens with two attached hydrogens (primary N) is 1. The second-order valence-electron chi connectivity index (χ2n) is 7.79. The van der Waals surface area contributed by atoms with Gasteiger partial charge in [-0.25, -0.2) is 0 Å². The molecule has 0 fully saturated rings. The van der Waals surface area contributed by atoms with E-state index in [1.807, 2.05) is 38.1 Å². The summed E-state index contributed by atoms with van der Waals surface area (Å²) in [6, 6.07) is 10.3. The van der Waals surface area contributed by atoms with Gasteiger partial charge in [0.25, 0.3) is 0 Å². The molecule has 1 aromatic heterocycles. The number of ether oxygens (including phenoxy) is 1. The molecule has 0 aliphatic rings. The fourth-order valence-electron chi connectivity index (χ4n) is 3.72. The highest BCUT2D eigenvalue weighted by atomic mass is 19.4. The molecule has 0 aliphatic heterocycles. The summed E-state index contributed by atoms with van der Waals surface area (Å²) in [5, 5.41) is 10.5. The van der Waals surface area contributed by atoms with Gasteiger partial charge in [-0.2, -0.15) is 13.2 Å². The third-order valence-electron chi connectivity index (χ3n) is 5.53. The minimum absolute atomic E-state index is 0.0295. The highest BCUT2D eigenvalue weighted by Gasteiger charge is 2.41. The molecule has 1 heterocycles. The minimum Gasteiger partial charge on any atom is -0.488 e. The molecule has 34 heavy (non-hydrogen) atoms. The van der Waals surface area contributed by atoms with E-state index in [9.17, 15) is 18.3 Å². The SMILES string of the molecule is C=C/C(CC)=C(\C=C/C)OCc1coc2c(C(O)C(F)(F)F)cc(-c3cccc(CN)c3)cc12. The number of hydrogen-bond donors (Lipinski definition) is 2. The molecule has 0 bridgehead atoms. The van der Waals surface area contributed by atoms with Crippen molar-refractivity contribution in [2.75, 3.05) is 0 Å². The van der Waals surface area contributed by atoms with Crippen LogP contribution in [-0.4, -0.2) is 11.3 Å². The van der Waals surface area contributed by atoms with E-state index in [4.69, 9.17) is 14.9 Å². The van der Waals surface area contributed by atoms with E-state index in [2.05, 4.69) is 6.58 Å². The average Bonchev–Trinajstić information content (AvgIpc) is 3.24. The van der Waals surface area contributed by atoms with Crippen molar-refractivity contribution < 1.29 is 27.4 Å². The highest BCUT2D eigenvalue weighted by molar-refractivity contribution is 5.89. The van der Waals surface area contributed by atoms with E-state index in [1.54, 1.807) is 24.3 Å². The molecule has 0 spiro atoms. The second kappa shape index (κ2) is 10.8. The van der Waals surface area contributed by atoms with E-state index in [0.29, 0.717) is 40.8 Å². The van der Waals surface area contributed by atoms with Crippen molar-refractivity contribution in [3.63, 3.8) is 0 Å². The predicted octanol–water partition coefficient (Wildman–Crippen LogP) is 7.10. The monoisotopic (exact) mass is 471 g/mol. The summed E-state index contributed by atoms with van der Waals surface area (Å²) < 4.78 is 51.9. The van der Waals surface area contributed by atoms with Crippen molar-refractivity contribution in [2.24, 2.45) is 5.73 Å². The van der Waals surface area contributed by atoms with Crippen molar-refractivity contribution in [1.82, 2.24) is 0 Å². The first-order valence-electron chi connectivity index (χ1n) is 10.9. The summed E-state index contributed by atoms with van der Waals surface area (Å²) in [7, 11) is 0. The number of alkyl halides is 3. The third kappa shape index (κ3) is 5.43. The summed E-state index contributed by atoms with van der Waals surface area (Å²) in [5.74, 6) is 0.622. The van der Waals surface area contributed by atoms with Crippen LogP contribution in [0.2, 0.25) is 0 Å². The zero-order valence-corrected chi connectivity index (χ0v) is 19.2. The Morgan fingerprint density at radius 3 is 2.62 bits per heavy atom. The first-order valence-corrected chi connectivity index (χ1v) is 10.9. The lowest BCUT2D eigenvalue weighted by molar-refractivity contribution is -0.206. The van der Waals surface area contributed by atoms with Gasteiger partial charge < -0.3 is 20.0 Å². The number of hydrogen-bond acceptors (Lipinski definition) is 4. The van der Waals surface area contributed by atoms with Crippen molar-refractivity contribution in [3.05, 3.63) is 95.5 Å². The zero-order valence-electron chi connectivity index (χ0n) is 19.2. The van der Waals surface area contributed by atoms with Crippen molar-refractivity contribution in [3.8, 4) is 11.1 Å². The van der Waals surface area contributed by atoms with Gasteiger partial charge in [-0.05, 0) is 59.9 Å². The molecule has 0 aliphatic carbocycles. The Morgan fingerprint density at radius 2 is 2.00 bits per heavy atom. The maximum atomic E-state index is 13.5. The number of aliphatic hydroxyl groups excluding tert-OH is 1. The highest BCUT2D eigenvalue weighted by Crippen LogP contribution is 2.40. The smallest absolute Gasteiger partial charge is 0.418 e. The van der Waals surface area contributed by atoms with Crippen LogP contribution in [0.3, 0.4) is 0 Å². The van der Waals surface area contributed by atoms with Gasteiger partial charge in [0.2, 0.25) is 0 Å². The van der Waals surface area contributed by atoms with Gasteiger partial charge in [0.05, 0.1) is 6.26 Å². The molecule has 2 aromatic carbocycles. The number of rotatable bonds is 9. The molecule has 0 saturated carbocycles. The topological polar surface area (TPSA) is 68.6 Å². The summed E-state index contributed by atoms with van der Waals surface area (Å²) in [6.07, 6.45) is -0.117. The number of furan rings is 1. The second-order valence-corrected chi connectivity index (χ2v) is 7.79. The Morgan fingerprint density at radius 1 is 1.24 bits per heavy atom. The molecule has 3 rings (SSSR count). The molecule has 3 aromatic rings. The van der Waals surface area contributed by atoms with E-state index in [0.717, 1.165) is 11.1 Å². The van der Waals surface area contributed by atoms with E-state index < -0.39 is 12.3 Å². The summed E-state index contributed by atoms with van der Waals surface area (Å²) in [5.41, 5.74) is 8.84. The maximum absolute atomic E-state index is 13.5. The van der Waals surface area contributed by atoms with Crippen LogP contribution < -0.4 is 5.73 Å². The van der Waals surface area contributed by atoms with Gasteiger partial charge in [-0.1, -0.05) is 43.9 Å². The molecule has 0 radical (unpaired) electrons. The Bertz CT molecular complexity index is 1220. The van der Waals surface area contributed by atoms with Crippen molar-refractivity contribution >= 4 is 11.0 Å². The number of allylic oxidation sites excluding steroid dienone is 4. The lowest BCUT2D eigenvalue weighted by Gasteiger charge is -2.17. The first kappa shape index (κ1) is 25.3. The summed E-state index contributed by atoms with van der Waals surface area (Å²) in [4.78, 5) is 0. The Kier molecular flexibility index (Phi) is 8.02. The Labute approximate surface area is 196 Å². The zero-order chi connectivity index (χ0) is 24.9. The number of aliphatic hydroxyl groups is 1. The molecular formula is C27H28F3NO3. The molecule has 180 valence electrons. The maximum Gasteiger partial charge on any atom is 0.418 e. The largest absolute Gasteiger partial charge is 0.488 e. The normalized spacial score (nSPS) is 13.9. The summed E-state index contributed by atoms with van der Waals surface area (Å²) >= 11 is 0. The van der Waals surface area contributed by atoms with Crippen molar-refractivity contribution in [2.45, 2.75) is 45.7 Å². The molecule has 0 amide bonds. The fourth-order valence-corrected chi connectivity index (χ4v) is 3.72. The molecular weight excluding hydrogens is 443 g/mol. The minimum atomic E-state index is -4.85. The average molecular weight is 472 g/mol. The third-order valence-corrected chi connectivity index (χ3v) is 5.53. The van der Waals surface area contributed by atoms with Crippen LogP contribution in [0, 0.1) is 0 Å². The first-order chi connectivity index (χ1) is 16.2. The lowest BCUT2D eigenvalue weighted by atomic mass is 9.95. The van der Waals surface area contributed by atoms with Crippen LogP contribution in [0.1, 0.15) is 43.1 Å². The molecule has 7 heteroatoms. The fraction of sp³-hybridized carbons (Fsp3) is 0.259. The number of fused-ring (bicyclic) bond motifs is 1. The van der Waals surface area contributed by atoms with Gasteiger partial charge in [0.15, 0.2) is 6.10 Å². The molecule has 1 unspecified atom stereocenters. The van der Waals surface area contributed by atoms with Crippen LogP contribution in [0.4, 0.5) is 13.2 Å². The van der Waals surface area contributed by atoms with E-state index in [1.165, 1.54) is 12.3 Å². The molecule has 1 atom stereocenters.